The molecule has 1 aliphatic heterocycles. The highest BCUT2D eigenvalue weighted by molar-refractivity contribution is 5.74. The number of ether oxygens (including phenoxy) is 1. The van der Waals surface area contributed by atoms with E-state index in [1.165, 1.54) is 5.56 Å². The third-order valence-electron chi connectivity index (χ3n) is 4.45. The van der Waals surface area contributed by atoms with Crippen LogP contribution in [-0.4, -0.2) is 49.8 Å². The molecule has 128 valence electrons. The molecule has 0 saturated carbocycles. The lowest BCUT2D eigenvalue weighted by molar-refractivity contribution is 0.0799. The van der Waals surface area contributed by atoms with Gasteiger partial charge in [0.15, 0.2) is 0 Å². The standard InChI is InChI=1S/C18H29N3O2/c1-3-21(4-2)17(15-8-6-5-7-9-15)14-19-18(22)20-16-10-12-23-13-11-16/h5-9,16-17H,3-4,10-14H2,1-2H3,(H2,19,20,22). The highest BCUT2D eigenvalue weighted by atomic mass is 16.5. The van der Waals surface area contributed by atoms with Gasteiger partial charge in [-0.1, -0.05) is 44.2 Å². The van der Waals surface area contributed by atoms with Crippen LogP contribution in [0.1, 0.15) is 38.3 Å². The van der Waals surface area contributed by atoms with Crippen molar-refractivity contribution in [2.75, 3.05) is 32.8 Å². The van der Waals surface area contributed by atoms with Crippen LogP contribution < -0.4 is 10.6 Å². The molecule has 0 aliphatic carbocycles. The summed E-state index contributed by atoms with van der Waals surface area (Å²) in [7, 11) is 0. The fourth-order valence-corrected chi connectivity index (χ4v) is 3.07. The van der Waals surface area contributed by atoms with E-state index in [0.717, 1.165) is 39.1 Å². The predicted octanol–water partition coefficient (Wildman–Crippen LogP) is 2.55. The van der Waals surface area contributed by atoms with Crippen LogP contribution in [0.25, 0.3) is 0 Å². The third-order valence-corrected chi connectivity index (χ3v) is 4.45. The van der Waals surface area contributed by atoms with Gasteiger partial charge in [-0.3, -0.25) is 4.90 Å². The number of carbonyl (C=O) groups excluding carboxylic acids is 1. The van der Waals surface area contributed by atoms with Crippen molar-refractivity contribution < 1.29 is 9.53 Å². The lowest BCUT2D eigenvalue weighted by Crippen LogP contribution is -2.47. The Morgan fingerprint density at radius 2 is 1.87 bits per heavy atom. The van der Waals surface area contributed by atoms with Gasteiger partial charge in [-0.25, -0.2) is 4.79 Å². The molecule has 1 saturated heterocycles. The van der Waals surface area contributed by atoms with Crippen molar-refractivity contribution in [2.45, 2.75) is 38.8 Å². The van der Waals surface area contributed by atoms with Crippen molar-refractivity contribution in [1.29, 1.82) is 0 Å². The number of urea groups is 1. The molecule has 1 fully saturated rings. The Morgan fingerprint density at radius 3 is 2.48 bits per heavy atom. The lowest BCUT2D eigenvalue weighted by Gasteiger charge is -2.31. The predicted molar refractivity (Wildman–Crippen MR) is 92.5 cm³/mol. The molecule has 1 heterocycles. The maximum atomic E-state index is 12.2. The van der Waals surface area contributed by atoms with Crippen LogP contribution in [0.2, 0.25) is 0 Å². The highest BCUT2D eigenvalue weighted by Gasteiger charge is 2.20. The smallest absolute Gasteiger partial charge is 0.315 e. The number of nitrogens with zero attached hydrogens (tertiary/aromatic N) is 1. The molecule has 5 heteroatoms. The van der Waals surface area contributed by atoms with E-state index >= 15 is 0 Å². The SMILES string of the molecule is CCN(CC)C(CNC(=O)NC1CCOCC1)c1ccccc1. The number of hydrogen-bond acceptors (Lipinski definition) is 3. The number of carbonyl (C=O) groups is 1. The Bertz CT molecular complexity index is 457. The zero-order valence-electron chi connectivity index (χ0n) is 14.3. The number of rotatable bonds is 7. The molecule has 23 heavy (non-hydrogen) atoms. The van der Waals surface area contributed by atoms with E-state index in [1.54, 1.807) is 0 Å². The van der Waals surface area contributed by atoms with E-state index in [1.807, 2.05) is 18.2 Å². The lowest BCUT2D eigenvalue weighted by atomic mass is 10.1. The topological polar surface area (TPSA) is 53.6 Å². The van der Waals surface area contributed by atoms with Gasteiger partial charge in [0.25, 0.3) is 0 Å². The molecule has 1 aliphatic rings. The Balaban J connectivity index is 1.91. The zero-order valence-corrected chi connectivity index (χ0v) is 14.3. The van der Waals surface area contributed by atoms with Crippen LogP contribution in [0, 0.1) is 0 Å². The van der Waals surface area contributed by atoms with Crippen LogP contribution in [0.4, 0.5) is 4.79 Å². The fraction of sp³-hybridized carbons (Fsp3) is 0.611. The van der Waals surface area contributed by atoms with Crippen molar-refractivity contribution in [1.82, 2.24) is 15.5 Å². The second-order valence-electron chi connectivity index (χ2n) is 5.89. The fourth-order valence-electron chi connectivity index (χ4n) is 3.07. The molecule has 1 atom stereocenters. The molecule has 0 aromatic heterocycles. The van der Waals surface area contributed by atoms with E-state index < -0.39 is 0 Å². The second kappa shape index (κ2) is 9.53. The van der Waals surface area contributed by atoms with Crippen LogP contribution in [0.5, 0.6) is 0 Å². The summed E-state index contributed by atoms with van der Waals surface area (Å²) in [5.41, 5.74) is 1.24. The second-order valence-corrected chi connectivity index (χ2v) is 5.89. The van der Waals surface area contributed by atoms with Crippen LogP contribution in [0.15, 0.2) is 30.3 Å². The summed E-state index contributed by atoms with van der Waals surface area (Å²) in [6, 6.07) is 10.7. The van der Waals surface area contributed by atoms with Crippen molar-refractivity contribution in [3.63, 3.8) is 0 Å². The quantitative estimate of drug-likeness (QED) is 0.812. The number of nitrogens with one attached hydrogen (secondary N) is 2. The zero-order chi connectivity index (χ0) is 16.5. The van der Waals surface area contributed by atoms with Crippen molar-refractivity contribution in [3.05, 3.63) is 35.9 Å². The molecule has 1 unspecified atom stereocenters. The molecule has 0 spiro atoms. The van der Waals surface area contributed by atoms with Gasteiger partial charge >= 0.3 is 6.03 Å². The monoisotopic (exact) mass is 319 g/mol. The van der Waals surface area contributed by atoms with Gasteiger partial charge in [0.05, 0.1) is 6.04 Å². The molecule has 5 nitrogen and oxygen atoms in total. The summed E-state index contributed by atoms with van der Waals surface area (Å²) in [4.78, 5) is 14.5. The van der Waals surface area contributed by atoms with E-state index in [4.69, 9.17) is 4.74 Å². The summed E-state index contributed by atoms with van der Waals surface area (Å²) >= 11 is 0. The number of likely N-dealkylation sites (N-methyl/N-ethyl adjacent to an activating group) is 1. The van der Waals surface area contributed by atoms with E-state index in [-0.39, 0.29) is 18.1 Å². The van der Waals surface area contributed by atoms with E-state index in [9.17, 15) is 4.79 Å². The van der Waals surface area contributed by atoms with Gasteiger partial charge in [0.1, 0.15) is 0 Å². The van der Waals surface area contributed by atoms with Crippen molar-refractivity contribution in [3.8, 4) is 0 Å². The molecule has 1 aromatic rings. The Morgan fingerprint density at radius 1 is 1.22 bits per heavy atom. The molecular weight excluding hydrogens is 290 g/mol. The summed E-state index contributed by atoms with van der Waals surface area (Å²) in [5.74, 6) is 0. The van der Waals surface area contributed by atoms with Crippen molar-refractivity contribution >= 4 is 6.03 Å². The normalized spacial score (nSPS) is 17.0. The number of amides is 2. The first-order valence-corrected chi connectivity index (χ1v) is 8.65. The maximum absolute atomic E-state index is 12.2. The van der Waals surface area contributed by atoms with Gasteiger partial charge in [-0.15, -0.1) is 0 Å². The van der Waals surface area contributed by atoms with Gasteiger partial charge in [0, 0.05) is 25.8 Å². The molecule has 0 bridgehead atoms. The van der Waals surface area contributed by atoms with Gasteiger partial charge in [-0.05, 0) is 31.5 Å². The molecule has 1 aromatic carbocycles. The Kier molecular flexibility index (Phi) is 7.36. The number of benzene rings is 1. The largest absolute Gasteiger partial charge is 0.381 e. The van der Waals surface area contributed by atoms with Crippen LogP contribution in [-0.2, 0) is 4.74 Å². The van der Waals surface area contributed by atoms with E-state index in [2.05, 4.69) is 41.5 Å². The van der Waals surface area contributed by atoms with Gasteiger partial charge < -0.3 is 15.4 Å². The average Bonchev–Trinajstić information content (AvgIpc) is 2.60. The molecule has 2 amide bonds. The summed E-state index contributed by atoms with van der Waals surface area (Å²) in [6.45, 7) is 8.30. The van der Waals surface area contributed by atoms with Crippen LogP contribution in [0.3, 0.4) is 0 Å². The first-order chi connectivity index (χ1) is 11.2. The molecule has 2 rings (SSSR count). The minimum absolute atomic E-state index is 0.0787. The molecule has 0 radical (unpaired) electrons. The average molecular weight is 319 g/mol. The minimum atomic E-state index is -0.0787. The highest BCUT2D eigenvalue weighted by Crippen LogP contribution is 2.19. The molecule has 2 N–H and O–H groups in total. The Labute approximate surface area is 139 Å². The summed E-state index contributed by atoms with van der Waals surface area (Å²) in [5, 5.41) is 6.10. The summed E-state index contributed by atoms with van der Waals surface area (Å²) in [6.07, 6.45) is 1.79. The van der Waals surface area contributed by atoms with E-state index in [0.29, 0.717) is 6.54 Å². The summed E-state index contributed by atoms with van der Waals surface area (Å²) < 4.78 is 5.32. The van der Waals surface area contributed by atoms with Gasteiger partial charge in [-0.2, -0.15) is 0 Å². The van der Waals surface area contributed by atoms with Gasteiger partial charge in [0.2, 0.25) is 0 Å². The van der Waals surface area contributed by atoms with Crippen LogP contribution >= 0.6 is 0 Å². The number of hydrogen-bond donors (Lipinski definition) is 2. The molecular formula is C18H29N3O2. The third kappa shape index (κ3) is 5.52. The minimum Gasteiger partial charge on any atom is -0.381 e. The maximum Gasteiger partial charge on any atom is 0.315 e. The Hall–Kier alpha value is -1.59. The van der Waals surface area contributed by atoms with Crippen molar-refractivity contribution in [2.24, 2.45) is 0 Å². The first-order valence-electron chi connectivity index (χ1n) is 8.65. The first kappa shape index (κ1) is 17.8.